The van der Waals surface area contributed by atoms with Gasteiger partial charge in [0.05, 0.1) is 27.1 Å². The zero-order valence-electron chi connectivity index (χ0n) is 18.2. The van der Waals surface area contributed by atoms with E-state index in [2.05, 4.69) is 25.5 Å². The number of aromatic nitrogens is 2. The molecule has 9 nitrogen and oxygen atoms in total. The Morgan fingerprint density at radius 3 is 2.38 bits per heavy atom. The van der Waals surface area contributed by atoms with E-state index in [9.17, 15) is 9.59 Å². The fourth-order valence-corrected chi connectivity index (χ4v) is 3.91. The van der Waals surface area contributed by atoms with Crippen molar-refractivity contribution in [2.45, 2.75) is 37.8 Å². The number of anilines is 3. The van der Waals surface area contributed by atoms with Crippen molar-refractivity contribution in [3.63, 3.8) is 0 Å². The van der Waals surface area contributed by atoms with Crippen molar-refractivity contribution in [2.75, 3.05) is 37.9 Å². The zero-order valence-corrected chi connectivity index (χ0v) is 19.0. The molecule has 10 heteroatoms. The summed E-state index contributed by atoms with van der Waals surface area (Å²) in [5, 5.41) is 7.32. The number of esters is 2. The first kappa shape index (κ1) is 23.7. The van der Waals surface area contributed by atoms with Crippen LogP contribution in [0, 0.1) is 0 Å². The van der Waals surface area contributed by atoms with Gasteiger partial charge in [0.25, 0.3) is 0 Å². The molecule has 2 aromatic rings. The summed E-state index contributed by atoms with van der Waals surface area (Å²) in [6.45, 7) is 1.49. The lowest BCUT2D eigenvalue weighted by atomic mass is 10.00. The van der Waals surface area contributed by atoms with Crippen LogP contribution in [0.2, 0.25) is 5.02 Å². The Morgan fingerprint density at radius 2 is 1.75 bits per heavy atom. The molecule has 32 heavy (non-hydrogen) atoms. The molecule has 2 heterocycles. The molecule has 0 aliphatic carbocycles. The van der Waals surface area contributed by atoms with Crippen LogP contribution in [0.15, 0.2) is 36.7 Å². The highest BCUT2D eigenvalue weighted by Gasteiger charge is 2.29. The van der Waals surface area contributed by atoms with Crippen LogP contribution in [0.5, 0.6) is 0 Å². The molecule has 1 aromatic heterocycles. The summed E-state index contributed by atoms with van der Waals surface area (Å²) in [6, 6.07) is 9.26. The molecule has 2 N–H and O–H groups in total. The standard InChI is InChI=1S/C22H28ClN5O4/c1-31-21(29)11-18(12-22(30)32-2)28-8-6-16(7-9-28)26-19-13-20(25-14-24-19)27-17-5-3-4-15(23)10-17/h3-5,10,13-14,16,18H,6-9,11-12H2,1-2H3,(H2,24,25,26,27). The van der Waals surface area contributed by atoms with Crippen LogP contribution in [0.4, 0.5) is 17.3 Å². The number of ether oxygens (including phenoxy) is 2. The molecule has 172 valence electrons. The van der Waals surface area contributed by atoms with E-state index < -0.39 is 0 Å². The van der Waals surface area contributed by atoms with Gasteiger partial charge in [-0.25, -0.2) is 9.97 Å². The van der Waals surface area contributed by atoms with Gasteiger partial charge in [-0.1, -0.05) is 17.7 Å². The number of rotatable bonds is 9. The van der Waals surface area contributed by atoms with Crippen LogP contribution in [-0.2, 0) is 19.1 Å². The molecule has 0 atom stereocenters. The topological polar surface area (TPSA) is 106 Å². The Bertz CT molecular complexity index is 903. The van der Waals surface area contributed by atoms with Crippen LogP contribution in [0.25, 0.3) is 0 Å². The van der Waals surface area contributed by atoms with Gasteiger partial charge < -0.3 is 20.1 Å². The van der Waals surface area contributed by atoms with E-state index in [1.807, 2.05) is 30.3 Å². The number of carbonyl (C=O) groups excluding carboxylic acids is 2. The van der Waals surface area contributed by atoms with Crippen molar-refractivity contribution in [1.29, 1.82) is 0 Å². The highest BCUT2D eigenvalue weighted by molar-refractivity contribution is 6.30. The van der Waals surface area contributed by atoms with Crippen molar-refractivity contribution in [2.24, 2.45) is 0 Å². The predicted molar refractivity (Wildman–Crippen MR) is 122 cm³/mol. The maximum atomic E-state index is 11.8. The summed E-state index contributed by atoms with van der Waals surface area (Å²) in [4.78, 5) is 34.3. The number of hydrogen-bond acceptors (Lipinski definition) is 9. The van der Waals surface area contributed by atoms with E-state index in [-0.39, 0.29) is 36.9 Å². The average Bonchev–Trinajstić information content (AvgIpc) is 2.79. The van der Waals surface area contributed by atoms with Crippen molar-refractivity contribution in [1.82, 2.24) is 14.9 Å². The molecular weight excluding hydrogens is 434 g/mol. The number of piperidine rings is 1. The molecule has 1 aliphatic rings. The fourth-order valence-electron chi connectivity index (χ4n) is 3.72. The first-order valence-electron chi connectivity index (χ1n) is 10.5. The fraction of sp³-hybridized carbons (Fsp3) is 0.455. The van der Waals surface area contributed by atoms with Crippen LogP contribution >= 0.6 is 11.6 Å². The van der Waals surface area contributed by atoms with E-state index in [4.69, 9.17) is 21.1 Å². The molecule has 0 spiro atoms. The lowest BCUT2D eigenvalue weighted by Crippen LogP contribution is -2.46. The smallest absolute Gasteiger partial charge is 0.307 e. The SMILES string of the molecule is COC(=O)CC(CC(=O)OC)N1CCC(Nc2cc(Nc3cccc(Cl)c3)ncn2)CC1. The van der Waals surface area contributed by atoms with E-state index >= 15 is 0 Å². The van der Waals surface area contributed by atoms with Gasteiger partial charge in [-0.15, -0.1) is 0 Å². The highest BCUT2D eigenvalue weighted by atomic mass is 35.5. The molecule has 0 bridgehead atoms. The molecule has 0 amide bonds. The van der Waals surface area contributed by atoms with Gasteiger partial charge in [0.1, 0.15) is 18.0 Å². The Morgan fingerprint density at radius 1 is 1.09 bits per heavy atom. The lowest BCUT2D eigenvalue weighted by Gasteiger charge is -2.37. The number of halogens is 1. The first-order chi connectivity index (χ1) is 15.5. The maximum absolute atomic E-state index is 11.8. The maximum Gasteiger partial charge on any atom is 0.307 e. The Kier molecular flexibility index (Phi) is 8.64. The van der Waals surface area contributed by atoms with Crippen LogP contribution < -0.4 is 10.6 Å². The summed E-state index contributed by atoms with van der Waals surface area (Å²) in [5.74, 6) is 0.724. The Hall–Kier alpha value is -2.91. The minimum atomic E-state index is -0.333. The summed E-state index contributed by atoms with van der Waals surface area (Å²) < 4.78 is 9.58. The van der Waals surface area contributed by atoms with Gasteiger partial charge in [0.15, 0.2) is 0 Å². The number of methoxy groups -OCH3 is 2. The molecule has 3 rings (SSSR count). The number of benzene rings is 1. The largest absolute Gasteiger partial charge is 0.469 e. The number of nitrogens with one attached hydrogen (secondary N) is 2. The van der Waals surface area contributed by atoms with E-state index in [0.29, 0.717) is 10.8 Å². The van der Waals surface area contributed by atoms with E-state index in [1.54, 1.807) is 0 Å². The molecule has 1 aromatic carbocycles. The summed E-state index contributed by atoms with van der Waals surface area (Å²) in [6.07, 6.45) is 3.52. The third kappa shape index (κ3) is 7.06. The van der Waals surface area contributed by atoms with Crippen LogP contribution in [-0.4, -0.2) is 66.2 Å². The minimum absolute atomic E-state index is 0.161. The summed E-state index contributed by atoms with van der Waals surface area (Å²) >= 11 is 6.04. The monoisotopic (exact) mass is 461 g/mol. The zero-order chi connectivity index (χ0) is 22.9. The Labute approximate surface area is 192 Å². The van der Waals surface area contributed by atoms with Gasteiger partial charge in [0.2, 0.25) is 0 Å². The lowest BCUT2D eigenvalue weighted by molar-refractivity contribution is -0.145. The van der Waals surface area contributed by atoms with Gasteiger partial charge in [0, 0.05) is 41.9 Å². The quantitative estimate of drug-likeness (QED) is 0.544. The second-order valence-electron chi connectivity index (χ2n) is 7.59. The molecule has 0 saturated carbocycles. The number of nitrogens with zero attached hydrogens (tertiary/aromatic N) is 3. The van der Waals surface area contributed by atoms with E-state index in [0.717, 1.165) is 37.4 Å². The normalized spacial score (nSPS) is 14.8. The molecular formula is C22H28ClN5O4. The number of carbonyl (C=O) groups is 2. The minimum Gasteiger partial charge on any atom is -0.469 e. The molecule has 0 radical (unpaired) electrons. The second kappa shape index (κ2) is 11.6. The Balaban J connectivity index is 1.55. The highest BCUT2D eigenvalue weighted by Crippen LogP contribution is 2.23. The van der Waals surface area contributed by atoms with Crippen LogP contribution in [0.1, 0.15) is 25.7 Å². The third-order valence-corrected chi connectivity index (χ3v) is 5.66. The molecule has 0 unspecified atom stereocenters. The van der Waals surface area contributed by atoms with Gasteiger partial charge >= 0.3 is 11.9 Å². The summed E-state index contributed by atoms with van der Waals surface area (Å²) in [5.41, 5.74) is 0.845. The van der Waals surface area contributed by atoms with Gasteiger partial charge in [-0.05, 0) is 31.0 Å². The van der Waals surface area contributed by atoms with E-state index in [1.165, 1.54) is 20.5 Å². The number of likely N-dealkylation sites (tertiary alicyclic amines) is 1. The molecule has 1 fully saturated rings. The van der Waals surface area contributed by atoms with Crippen LogP contribution in [0.3, 0.4) is 0 Å². The average molecular weight is 462 g/mol. The van der Waals surface area contributed by atoms with Crippen molar-refractivity contribution >= 4 is 40.9 Å². The van der Waals surface area contributed by atoms with Crippen molar-refractivity contribution in [3.8, 4) is 0 Å². The first-order valence-corrected chi connectivity index (χ1v) is 10.8. The predicted octanol–water partition coefficient (Wildman–Crippen LogP) is 3.24. The summed E-state index contributed by atoms with van der Waals surface area (Å²) in [7, 11) is 2.70. The van der Waals surface area contributed by atoms with Gasteiger partial charge in [-0.3, -0.25) is 14.5 Å². The third-order valence-electron chi connectivity index (χ3n) is 5.42. The molecule has 1 saturated heterocycles. The number of hydrogen-bond donors (Lipinski definition) is 2. The van der Waals surface area contributed by atoms with Gasteiger partial charge in [-0.2, -0.15) is 0 Å². The molecule has 1 aliphatic heterocycles. The van der Waals surface area contributed by atoms with Crippen molar-refractivity contribution < 1.29 is 19.1 Å². The second-order valence-corrected chi connectivity index (χ2v) is 8.03. The van der Waals surface area contributed by atoms with Crippen molar-refractivity contribution in [3.05, 3.63) is 41.7 Å².